The van der Waals surface area contributed by atoms with E-state index in [0.29, 0.717) is 24.0 Å². The van der Waals surface area contributed by atoms with Crippen molar-refractivity contribution in [2.75, 3.05) is 30.5 Å². The molecule has 9 heteroatoms. The van der Waals surface area contributed by atoms with Crippen LogP contribution in [0.25, 0.3) is 0 Å². The number of carbonyl (C=O) groups excluding carboxylic acids is 1. The molecule has 23 heavy (non-hydrogen) atoms. The number of hydrogen-bond donors (Lipinski definition) is 2. The van der Waals surface area contributed by atoms with Crippen molar-refractivity contribution in [3.63, 3.8) is 0 Å². The maximum absolute atomic E-state index is 12.2. The fraction of sp³-hybridized carbons (Fsp3) is 0.500. The van der Waals surface area contributed by atoms with E-state index in [1.54, 1.807) is 23.1 Å². The van der Waals surface area contributed by atoms with Crippen LogP contribution in [0, 0.1) is 5.92 Å². The minimum Gasteiger partial charge on any atom is -0.381 e. The van der Waals surface area contributed by atoms with Gasteiger partial charge in [0.1, 0.15) is 12.5 Å². The number of anilines is 2. The van der Waals surface area contributed by atoms with Gasteiger partial charge in [0.15, 0.2) is 0 Å². The zero-order valence-corrected chi connectivity index (χ0v) is 12.6. The first kappa shape index (κ1) is 15.5. The molecular weight excluding hydrogens is 303 g/mol. The number of ether oxygens (including phenoxy) is 1. The van der Waals surface area contributed by atoms with Crippen molar-refractivity contribution < 1.29 is 13.9 Å². The lowest BCUT2D eigenvalue weighted by Gasteiger charge is -2.12. The largest absolute Gasteiger partial charge is 0.381 e. The first-order chi connectivity index (χ1) is 11.2. The molecule has 1 atom stereocenters. The Kier molecular flexibility index (Phi) is 4.86. The van der Waals surface area contributed by atoms with Crippen molar-refractivity contribution in [1.29, 1.82) is 0 Å². The Balaban J connectivity index is 1.55. The molecule has 3 heterocycles. The molecule has 0 bridgehead atoms. The van der Waals surface area contributed by atoms with Crippen LogP contribution in [-0.4, -0.2) is 45.5 Å². The van der Waals surface area contributed by atoms with Crippen LogP contribution in [0.3, 0.4) is 0 Å². The molecule has 124 valence electrons. The minimum absolute atomic E-state index is 0.166. The highest BCUT2D eigenvalue weighted by Crippen LogP contribution is 2.17. The highest BCUT2D eigenvalue weighted by Gasteiger charge is 2.18. The number of carbonyl (C=O) groups is 1. The predicted molar refractivity (Wildman–Crippen MR) is 82.0 cm³/mol. The van der Waals surface area contributed by atoms with Crippen LogP contribution >= 0.6 is 0 Å². The first-order valence-electron chi connectivity index (χ1n) is 7.50. The summed E-state index contributed by atoms with van der Waals surface area (Å²) in [5.74, 6) is 1.03. The Morgan fingerprint density at radius 3 is 3.13 bits per heavy atom. The van der Waals surface area contributed by atoms with Crippen LogP contribution in [0.2, 0.25) is 0 Å². The molecule has 1 saturated heterocycles. The van der Waals surface area contributed by atoms with Gasteiger partial charge in [-0.25, -0.2) is 13.9 Å². The van der Waals surface area contributed by atoms with Gasteiger partial charge in [-0.2, -0.15) is 10.2 Å². The van der Waals surface area contributed by atoms with Gasteiger partial charge in [-0.3, -0.25) is 10.00 Å². The fourth-order valence-corrected chi connectivity index (χ4v) is 2.47. The van der Waals surface area contributed by atoms with Crippen molar-refractivity contribution in [3.8, 4) is 0 Å². The summed E-state index contributed by atoms with van der Waals surface area (Å²) in [6.45, 7) is 1.87. The van der Waals surface area contributed by atoms with E-state index in [1.807, 2.05) is 0 Å². The molecule has 2 aromatic heterocycles. The number of rotatable bonds is 6. The number of amides is 2. The molecule has 0 aliphatic carbocycles. The van der Waals surface area contributed by atoms with Crippen molar-refractivity contribution in [2.45, 2.75) is 19.5 Å². The number of aromatic nitrogens is 4. The number of alkyl halides is 1. The van der Waals surface area contributed by atoms with Crippen LogP contribution in [0.15, 0.2) is 24.7 Å². The molecule has 0 saturated carbocycles. The number of urea groups is 1. The molecule has 1 unspecified atom stereocenters. The Labute approximate surface area is 132 Å². The summed E-state index contributed by atoms with van der Waals surface area (Å²) in [5.41, 5.74) is 0.506. The molecule has 1 fully saturated rings. The first-order valence-corrected chi connectivity index (χ1v) is 7.50. The third-order valence-corrected chi connectivity index (χ3v) is 3.62. The normalized spacial score (nSPS) is 17.3. The average molecular weight is 322 g/mol. The number of hydrogen-bond acceptors (Lipinski definition) is 4. The second-order valence-corrected chi connectivity index (χ2v) is 5.39. The summed E-state index contributed by atoms with van der Waals surface area (Å²) in [5, 5.41) is 13.6. The second kappa shape index (κ2) is 7.23. The van der Waals surface area contributed by atoms with E-state index in [2.05, 4.69) is 20.8 Å². The van der Waals surface area contributed by atoms with Gasteiger partial charge < -0.3 is 10.1 Å². The van der Waals surface area contributed by atoms with Gasteiger partial charge in [-0.1, -0.05) is 0 Å². The highest BCUT2D eigenvalue weighted by molar-refractivity contribution is 5.99. The van der Waals surface area contributed by atoms with E-state index in [4.69, 9.17) is 4.74 Å². The lowest BCUT2D eigenvalue weighted by Crippen LogP contribution is -2.22. The van der Waals surface area contributed by atoms with Crippen molar-refractivity contribution in [2.24, 2.45) is 5.92 Å². The molecule has 0 aromatic carbocycles. The fourth-order valence-electron chi connectivity index (χ4n) is 2.47. The van der Waals surface area contributed by atoms with Gasteiger partial charge in [0, 0.05) is 31.3 Å². The van der Waals surface area contributed by atoms with E-state index in [9.17, 15) is 9.18 Å². The number of halogens is 1. The lowest BCUT2D eigenvalue weighted by atomic mass is 10.1. The van der Waals surface area contributed by atoms with Crippen LogP contribution in [0.5, 0.6) is 0 Å². The molecule has 2 amide bonds. The third-order valence-electron chi connectivity index (χ3n) is 3.62. The van der Waals surface area contributed by atoms with Gasteiger partial charge in [-0.15, -0.1) is 0 Å². The SMILES string of the molecule is O=C(Nc1cnn(CCF)c1)Nc1ccnn1CC1CCOC1. The lowest BCUT2D eigenvalue weighted by molar-refractivity contribution is 0.181. The van der Waals surface area contributed by atoms with Crippen molar-refractivity contribution in [3.05, 3.63) is 24.7 Å². The number of nitrogens with one attached hydrogen (secondary N) is 2. The van der Waals surface area contributed by atoms with E-state index in [1.165, 1.54) is 10.9 Å². The Hall–Kier alpha value is -2.42. The molecule has 1 aliphatic rings. The summed E-state index contributed by atoms with van der Waals surface area (Å²) in [7, 11) is 0. The van der Waals surface area contributed by atoms with Crippen molar-refractivity contribution >= 4 is 17.5 Å². The molecule has 8 nitrogen and oxygen atoms in total. The second-order valence-electron chi connectivity index (χ2n) is 5.39. The van der Waals surface area contributed by atoms with E-state index >= 15 is 0 Å². The monoisotopic (exact) mass is 322 g/mol. The topological polar surface area (TPSA) is 86.0 Å². The minimum atomic E-state index is -0.503. The zero-order chi connectivity index (χ0) is 16.1. The summed E-state index contributed by atoms with van der Waals surface area (Å²) in [6.07, 6.45) is 5.69. The van der Waals surface area contributed by atoms with Crippen LogP contribution in [0.1, 0.15) is 6.42 Å². The Bertz CT molecular complexity index is 649. The molecule has 0 radical (unpaired) electrons. The van der Waals surface area contributed by atoms with Crippen molar-refractivity contribution in [1.82, 2.24) is 19.6 Å². The molecule has 2 N–H and O–H groups in total. The van der Waals surface area contributed by atoms with E-state index in [0.717, 1.165) is 19.6 Å². The Morgan fingerprint density at radius 2 is 2.35 bits per heavy atom. The Morgan fingerprint density at radius 1 is 1.43 bits per heavy atom. The van der Waals surface area contributed by atoms with Gasteiger partial charge in [0.05, 0.1) is 31.2 Å². The molecular formula is C14H19FN6O2. The summed E-state index contributed by atoms with van der Waals surface area (Å²) < 4.78 is 20.8. The third kappa shape index (κ3) is 4.07. The zero-order valence-electron chi connectivity index (χ0n) is 12.6. The van der Waals surface area contributed by atoms with Crippen LogP contribution in [0.4, 0.5) is 20.7 Å². The van der Waals surface area contributed by atoms with Gasteiger partial charge in [-0.05, 0) is 6.42 Å². The quantitative estimate of drug-likeness (QED) is 0.848. The smallest absolute Gasteiger partial charge is 0.324 e. The number of aryl methyl sites for hydroxylation is 1. The summed E-state index contributed by atoms with van der Waals surface area (Å²) in [4.78, 5) is 12.0. The molecule has 0 spiro atoms. The van der Waals surface area contributed by atoms with Crippen LogP contribution in [-0.2, 0) is 17.8 Å². The van der Waals surface area contributed by atoms with E-state index in [-0.39, 0.29) is 6.54 Å². The maximum atomic E-state index is 12.2. The molecule has 2 aromatic rings. The summed E-state index contributed by atoms with van der Waals surface area (Å²) in [6, 6.07) is 1.34. The predicted octanol–water partition coefficient (Wildman–Crippen LogP) is 1.73. The highest BCUT2D eigenvalue weighted by atomic mass is 19.1. The number of nitrogens with zero attached hydrogens (tertiary/aromatic N) is 4. The standard InChI is InChI=1S/C14H19FN6O2/c15-3-5-20-9-12(7-17-20)18-14(22)19-13-1-4-16-21(13)8-11-2-6-23-10-11/h1,4,7,9,11H,2-3,5-6,8,10H2,(H2,18,19,22). The molecule has 1 aliphatic heterocycles. The van der Waals surface area contributed by atoms with Gasteiger partial charge in [0.25, 0.3) is 0 Å². The molecule has 3 rings (SSSR count). The summed E-state index contributed by atoms with van der Waals surface area (Å²) >= 11 is 0. The van der Waals surface area contributed by atoms with Crippen LogP contribution < -0.4 is 10.6 Å². The van der Waals surface area contributed by atoms with Gasteiger partial charge >= 0.3 is 6.03 Å². The van der Waals surface area contributed by atoms with E-state index < -0.39 is 12.7 Å². The van der Waals surface area contributed by atoms with Gasteiger partial charge in [0.2, 0.25) is 0 Å². The average Bonchev–Trinajstić information content (AvgIpc) is 3.25. The maximum Gasteiger partial charge on any atom is 0.324 e.